The highest BCUT2D eigenvalue weighted by Crippen LogP contribution is 2.41. The Kier molecular flexibility index (Phi) is 23.9. The molecule has 0 radical (unpaired) electrons. The molecule has 1 aliphatic rings. The highest BCUT2D eigenvalue weighted by Gasteiger charge is 2.39. The van der Waals surface area contributed by atoms with Crippen molar-refractivity contribution in [1.29, 1.82) is 0 Å². The maximum Gasteiger partial charge on any atom is 0.386 e. The van der Waals surface area contributed by atoms with Crippen LogP contribution < -0.4 is 37.6 Å². The zero-order valence-electron chi connectivity index (χ0n) is 44.9. The van der Waals surface area contributed by atoms with E-state index in [-0.39, 0.29) is 50.7 Å². The lowest BCUT2D eigenvalue weighted by atomic mass is 9.82. The number of imide groups is 1. The van der Waals surface area contributed by atoms with E-state index in [1.807, 2.05) is 30.3 Å². The second-order valence-corrected chi connectivity index (χ2v) is 19.6. The minimum Gasteiger partial charge on any atom is -0.387 e. The molecule has 0 saturated carbocycles. The van der Waals surface area contributed by atoms with Gasteiger partial charge in [-0.15, -0.1) is 0 Å². The van der Waals surface area contributed by atoms with Crippen LogP contribution in [0.2, 0.25) is 0 Å². The van der Waals surface area contributed by atoms with Crippen molar-refractivity contribution in [3.63, 3.8) is 0 Å². The number of pyridine rings is 1. The van der Waals surface area contributed by atoms with E-state index in [0.717, 1.165) is 35.9 Å². The Morgan fingerprint density at radius 2 is 1.36 bits per heavy atom. The maximum absolute atomic E-state index is 15.4. The molecule has 22 nitrogen and oxygen atoms in total. The Hall–Kier alpha value is -8.88. The highest BCUT2D eigenvalue weighted by atomic mass is 19.4. The monoisotopic (exact) mass is 1140 g/mol. The summed E-state index contributed by atoms with van der Waals surface area (Å²) in [4.78, 5) is 136. The second-order valence-electron chi connectivity index (χ2n) is 19.6. The van der Waals surface area contributed by atoms with Gasteiger partial charge in [0.15, 0.2) is 0 Å². The molecule has 3 heterocycles. The molecule has 0 aliphatic carbocycles. The van der Waals surface area contributed by atoms with Crippen LogP contribution in [0.5, 0.6) is 0 Å². The topological polar surface area (TPSA) is 313 Å². The van der Waals surface area contributed by atoms with Gasteiger partial charge < -0.3 is 52.2 Å². The number of nitrogens with two attached hydrogens (primary N) is 1. The zero-order chi connectivity index (χ0) is 60.2. The van der Waals surface area contributed by atoms with E-state index < -0.39 is 139 Å². The summed E-state index contributed by atoms with van der Waals surface area (Å²) in [6, 6.07) is 11.3. The van der Waals surface area contributed by atoms with Crippen molar-refractivity contribution >= 4 is 59.1 Å². The Morgan fingerprint density at radius 1 is 0.741 bits per heavy atom. The number of primary amides is 1. The number of nitrogens with one attached hydrogen (secondary N) is 6. The summed E-state index contributed by atoms with van der Waals surface area (Å²) in [5.74, 6) is -9.66. The number of aliphatic hydroxyl groups is 1. The first-order valence-corrected chi connectivity index (χ1v) is 25.1. The van der Waals surface area contributed by atoms with E-state index in [4.69, 9.17) is 5.73 Å². The standard InChI is InChI=1S/C52H61F2N11O11.C2H3F3/c1-31(60-43(69)26-59-42(68)22-32-14-17-56-18-15-32)49(74)62-39(25-41(55)67)51(76)61-38(50(75)58-20-19-57-44(70)29-65-45(71)12-13-46(65)72)16-21-64(47(73)30-66)48(52(2,3)4)40-23-34(36-24-35(53)10-11-37(36)54)28-63(40)27-33-8-6-5-7-9-33;1-2(3,4)5/h5-15,17-18,23-24,28,31,38-39,48,66H,16,19-22,25-27,29-30H2,1-4H3,(H2,55,67)(H,57,70)(H,58,75)(H,59,68)(H,60,69)(H,61,76)(H,62,74);1H3. The number of aliphatic hydroxyl groups excluding tert-OH is 1. The van der Waals surface area contributed by atoms with E-state index in [1.165, 1.54) is 24.2 Å². The number of nitrogens with zero attached hydrogens (tertiary/aromatic N) is 4. The summed E-state index contributed by atoms with van der Waals surface area (Å²) in [7, 11) is 0. The number of benzene rings is 2. The van der Waals surface area contributed by atoms with Crippen molar-refractivity contribution in [1.82, 2.24) is 51.3 Å². The average Bonchev–Trinajstić information content (AvgIpc) is 3.95. The predicted molar refractivity (Wildman–Crippen MR) is 281 cm³/mol. The summed E-state index contributed by atoms with van der Waals surface area (Å²) >= 11 is 0. The van der Waals surface area contributed by atoms with Crippen LogP contribution in [0.25, 0.3) is 11.1 Å². The lowest BCUT2D eigenvalue weighted by molar-refractivity contribution is -0.141. The molecule has 10 amide bonds. The molecule has 81 heavy (non-hydrogen) atoms. The fourth-order valence-electron chi connectivity index (χ4n) is 8.20. The molecule has 436 valence electrons. The number of halogens is 5. The van der Waals surface area contributed by atoms with Gasteiger partial charge in [0.05, 0.1) is 25.4 Å². The van der Waals surface area contributed by atoms with Crippen molar-refractivity contribution in [2.24, 2.45) is 11.1 Å². The lowest BCUT2D eigenvalue weighted by Gasteiger charge is -2.41. The van der Waals surface area contributed by atoms with Crippen molar-refractivity contribution in [2.75, 3.05) is 39.3 Å². The van der Waals surface area contributed by atoms with Gasteiger partial charge in [-0.2, -0.15) is 13.2 Å². The minimum absolute atomic E-state index is 0.0499. The molecular formula is C54H64F5N11O11. The van der Waals surface area contributed by atoms with Crippen LogP contribution in [0, 0.1) is 17.0 Å². The highest BCUT2D eigenvalue weighted by molar-refractivity contribution is 6.14. The molecule has 4 atom stereocenters. The van der Waals surface area contributed by atoms with Crippen LogP contribution >= 0.6 is 0 Å². The lowest BCUT2D eigenvalue weighted by Crippen LogP contribution is -2.58. The number of rotatable bonds is 26. The van der Waals surface area contributed by atoms with Gasteiger partial charge in [-0.05, 0) is 66.3 Å². The Balaban J connectivity index is 0.00000270. The van der Waals surface area contributed by atoms with Gasteiger partial charge in [0, 0.05) is 80.7 Å². The van der Waals surface area contributed by atoms with Gasteiger partial charge in [0.2, 0.25) is 47.3 Å². The van der Waals surface area contributed by atoms with E-state index >= 15 is 4.39 Å². The normalized spacial score (nSPS) is 13.6. The third-order valence-corrected chi connectivity index (χ3v) is 11.8. The Morgan fingerprint density at radius 3 is 1.96 bits per heavy atom. The molecule has 0 spiro atoms. The van der Waals surface area contributed by atoms with Gasteiger partial charge in [0.25, 0.3) is 11.8 Å². The fourth-order valence-corrected chi connectivity index (χ4v) is 8.20. The summed E-state index contributed by atoms with van der Waals surface area (Å²) in [5, 5.41) is 25.2. The Labute approximate surface area is 462 Å². The molecule has 0 fully saturated rings. The van der Waals surface area contributed by atoms with Gasteiger partial charge >= 0.3 is 6.18 Å². The Bertz CT molecular complexity index is 2910. The smallest absolute Gasteiger partial charge is 0.386 e. The summed E-state index contributed by atoms with van der Waals surface area (Å²) in [6.45, 7) is 4.00. The molecule has 0 bridgehead atoms. The van der Waals surface area contributed by atoms with Gasteiger partial charge in [-0.25, -0.2) is 8.78 Å². The number of hydrogen-bond donors (Lipinski definition) is 8. The van der Waals surface area contributed by atoms with Crippen LogP contribution in [0.4, 0.5) is 22.0 Å². The maximum atomic E-state index is 15.4. The number of aromatic nitrogens is 2. The molecule has 4 aromatic rings. The summed E-state index contributed by atoms with van der Waals surface area (Å²) in [5.41, 5.74) is 6.65. The number of carbonyl (C=O) groups excluding carboxylic acids is 10. The van der Waals surface area contributed by atoms with Crippen LogP contribution in [0.3, 0.4) is 0 Å². The quantitative estimate of drug-likeness (QED) is 0.0253. The molecule has 4 unspecified atom stereocenters. The van der Waals surface area contributed by atoms with E-state index in [0.29, 0.717) is 16.2 Å². The molecule has 9 N–H and O–H groups in total. The van der Waals surface area contributed by atoms with E-state index in [2.05, 4.69) is 36.9 Å². The molecule has 2 aromatic carbocycles. The number of hydrogen-bond acceptors (Lipinski definition) is 12. The third-order valence-electron chi connectivity index (χ3n) is 11.8. The summed E-state index contributed by atoms with van der Waals surface area (Å²) in [6.07, 6.45) is 1.36. The largest absolute Gasteiger partial charge is 0.387 e. The van der Waals surface area contributed by atoms with Crippen molar-refractivity contribution in [2.45, 2.75) is 90.8 Å². The van der Waals surface area contributed by atoms with Gasteiger partial charge in [-0.1, -0.05) is 51.1 Å². The first kappa shape index (κ1) is 64.6. The predicted octanol–water partition coefficient (Wildman–Crippen LogP) is 1.61. The number of alkyl halides is 3. The van der Waals surface area contributed by atoms with Crippen LogP contribution in [-0.4, -0.2) is 147 Å². The molecule has 2 aromatic heterocycles. The first-order chi connectivity index (χ1) is 38.0. The van der Waals surface area contributed by atoms with Crippen molar-refractivity contribution in [3.05, 3.63) is 126 Å². The molecular weight excluding hydrogens is 1070 g/mol. The third kappa shape index (κ3) is 21.4. The van der Waals surface area contributed by atoms with Crippen molar-refractivity contribution < 1.29 is 75.0 Å². The number of amides is 10. The first-order valence-electron chi connectivity index (χ1n) is 25.1. The average molecular weight is 1140 g/mol. The summed E-state index contributed by atoms with van der Waals surface area (Å²) < 4.78 is 62.8. The zero-order valence-corrected chi connectivity index (χ0v) is 44.9. The minimum atomic E-state index is -4.00. The van der Waals surface area contributed by atoms with Crippen LogP contribution in [0.1, 0.15) is 70.3 Å². The molecule has 5 rings (SSSR count). The molecule has 1 aliphatic heterocycles. The van der Waals surface area contributed by atoms with Gasteiger partial charge in [-0.3, -0.25) is 57.8 Å². The SMILES string of the molecule is CC(F)(F)F.CC(NC(=O)CNC(=O)Cc1ccncc1)C(=O)NC(CC(N)=O)C(=O)NC(CCN(C(=O)CO)C(c1cc(-c2cc(F)ccc2F)cn1Cc1ccccc1)C(C)(C)C)C(=O)NCCNC(=O)CN1C(=O)C=CC1=O. The second kappa shape index (κ2) is 29.9. The van der Waals surface area contributed by atoms with E-state index in [1.54, 1.807) is 49.7 Å². The van der Waals surface area contributed by atoms with Gasteiger partial charge in [0.1, 0.15) is 42.9 Å². The van der Waals surface area contributed by atoms with E-state index in [9.17, 15) is 70.6 Å². The van der Waals surface area contributed by atoms with Crippen LogP contribution in [-0.2, 0) is 60.9 Å². The number of carbonyl (C=O) groups is 10. The molecule has 0 saturated heterocycles. The van der Waals surface area contributed by atoms with Crippen LogP contribution in [0.15, 0.2) is 97.5 Å². The van der Waals surface area contributed by atoms with Crippen molar-refractivity contribution in [3.8, 4) is 11.1 Å². The molecule has 27 heteroatoms. The fraction of sp³-hybridized carbons (Fsp3) is 0.389.